The van der Waals surface area contributed by atoms with Gasteiger partial charge in [0.2, 0.25) is 0 Å². The third kappa shape index (κ3) is 4.06. The molecule has 0 bridgehead atoms. The summed E-state index contributed by atoms with van der Waals surface area (Å²) in [5.74, 6) is 0. The first-order chi connectivity index (χ1) is 25.3. The standard InChI is InChI=1S/C48H31N3/c1-8-22-42(51-47-27-13-6-20-40(47)41-21-7-14-28-48(41)51)35(15-1)32-29-33(49-43-23-9-2-16-36(43)37-17-3-10-24-44(37)49)31-34(30-32)50-45-25-11-4-18-38(45)39-19-5-12-26-46(39)50/h1-31H. The molecule has 0 amide bonds. The van der Waals surface area contributed by atoms with E-state index in [0.717, 1.165) is 22.6 Å². The Bertz CT molecular complexity index is 2860. The van der Waals surface area contributed by atoms with Crippen LogP contribution in [0.3, 0.4) is 0 Å². The summed E-state index contributed by atoms with van der Waals surface area (Å²) in [5, 5.41) is 7.52. The van der Waals surface area contributed by atoms with Gasteiger partial charge < -0.3 is 13.7 Å². The molecule has 0 saturated heterocycles. The Balaban J connectivity index is 1.27. The molecule has 8 aromatic carbocycles. The van der Waals surface area contributed by atoms with E-state index < -0.39 is 0 Å². The van der Waals surface area contributed by atoms with Crippen molar-refractivity contribution in [3.05, 3.63) is 188 Å². The molecule has 0 aliphatic rings. The van der Waals surface area contributed by atoms with E-state index in [1.54, 1.807) is 0 Å². The Kier molecular flexibility index (Phi) is 5.96. The second-order valence-corrected chi connectivity index (χ2v) is 13.4. The first-order valence-corrected chi connectivity index (χ1v) is 17.5. The minimum Gasteiger partial charge on any atom is -0.309 e. The normalized spacial score (nSPS) is 11.9. The van der Waals surface area contributed by atoms with Crippen LogP contribution in [-0.2, 0) is 0 Å². The smallest absolute Gasteiger partial charge is 0.0541 e. The van der Waals surface area contributed by atoms with Crippen molar-refractivity contribution < 1.29 is 0 Å². The van der Waals surface area contributed by atoms with E-state index in [1.807, 2.05) is 0 Å². The number of para-hydroxylation sites is 7. The molecular formula is C48H31N3. The van der Waals surface area contributed by atoms with Crippen LogP contribution in [0.5, 0.6) is 0 Å². The molecule has 0 fully saturated rings. The van der Waals surface area contributed by atoms with Gasteiger partial charge in [0.1, 0.15) is 0 Å². The van der Waals surface area contributed by atoms with E-state index in [0.29, 0.717) is 0 Å². The molecule has 0 radical (unpaired) electrons. The van der Waals surface area contributed by atoms with E-state index in [9.17, 15) is 0 Å². The SMILES string of the molecule is c1ccc(-n2c3ccccc3c3ccccc32)c(-c2cc(-n3c4ccccc4c4ccccc43)cc(-n3c4ccccc4c4ccccc43)c2)c1. The monoisotopic (exact) mass is 649 g/mol. The number of benzene rings is 8. The fraction of sp³-hybridized carbons (Fsp3) is 0. The average molecular weight is 650 g/mol. The van der Waals surface area contributed by atoms with E-state index in [1.165, 1.54) is 71.0 Å². The molecule has 0 N–H and O–H groups in total. The van der Waals surface area contributed by atoms with Crippen LogP contribution in [0.4, 0.5) is 0 Å². The Morgan fingerprint density at radius 1 is 0.255 bits per heavy atom. The van der Waals surface area contributed by atoms with Crippen molar-refractivity contribution in [2.24, 2.45) is 0 Å². The lowest BCUT2D eigenvalue weighted by atomic mass is 10.0. The van der Waals surface area contributed by atoms with Gasteiger partial charge in [0.25, 0.3) is 0 Å². The van der Waals surface area contributed by atoms with E-state index in [4.69, 9.17) is 0 Å². The Morgan fingerprint density at radius 3 is 0.922 bits per heavy atom. The van der Waals surface area contributed by atoms with Gasteiger partial charge in [-0.3, -0.25) is 0 Å². The van der Waals surface area contributed by atoms with Crippen LogP contribution in [-0.4, -0.2) is 13.7 Å². The van der Waals surface area contributed by atoms with Gasteiger partial charge in [-0.25, -0.2) is 0 Å². The van der Waals surface area contributed by atoms with Crippen LogP contribution >= 0.6 is 0 Å². The molecular weight excluding hydrogens is 619 g/mol. The maximum absolute atomic E-state index is 2.44. The van der Waals surface area contributed by atoms with Crippen LogP contribution in [0.25, 0.3) is 93.6 Å². The number of nitrogens with zero attached hydrogens (tertiary/aromatic N) is 3. The highest BCUT2D eigenvalue weighted by atomic mass is 15.0. The van der Waals surface area contributed by atoms with Gasteiger partial charge in [0.15, 0.2) is 0 Å². The first kappa shape index (κ1) is 28.0. The molecule has 0 saturated carbocycles. The predicted molar refractivity (Wildman–Crippen MR) is 215 cm³/mol. The van der Waals surface area contributed by atoms with E-state index in [-0.39, 0.29) is 0 Å². The van der Waals surface area contributed by atoms with Crippen LogP contribution in [0.1, 0.15) is 0 Å². The quantitative estimate of drug-likeness (QED) is 0.180. The van der Waals surface area contributed by atoms with Crippen molar-refractivity contribution in [1.29, 1.82) is 0 Å². The van der Waals surface area contributed by atoms with Gasteiger partial charge in [-0.2, -0.15) is 0 Å². The van der Waals surface area contributed by atoms with E-state index >= 15 is 0 Å². The van der Waals surface area contributed by atoms with Gasteiger partial charge >= 0.3 is 0 Å². The van der Waals surface area contributed by atoms with Gasteiger partial charge in [0.05, 0.1) is 38.8 Å². The molecule has 3 aromatic heterocycles. The highest BCUT2D eigenvalue weighted by Gasteiger charge is 2.20. The molecule has 3 heterocycles. The molecule has 0 aliphatic carbocycles. The lowest BCUT2D eigenvalue weighted by Gasteiger charge is -2.18. The summed E-state index contributed by atoms with van der Waals surface area (Å²) in [5.41, 5.74) is 12.9. The molecule has 0 aliphatic heterocycles. The Morgan fingerprint density at radius 2 is 0.549 bits per heavy atom. The summed E-state index contributed by atoms with van der Waals surface area (Å²) in [6, 6.07) is 68.6. The van der Waals surface area contributed by atoms with Crippen molar-refractivity contribution in [1.82, 2.24) is 13.7 Å². The molecule has 0 unspecified atom stereocenters. The number of aromatic nitrogens is 3. The summed E-state index contributed by atoms with van der Waals surface area (Å²) in [6.07, 6.45) is 0. The molecule has 3 heteroatoms. The van der Waals surface area contributed by atoms with Gasteiger partial charge in [0, 0.05) is 49.3 Å². The topological polar surface area (TPSA) is 14.8 Å². The predicted octanol–water partition coefficient (Wildman–Crippen LogP) is 12.6. The highest BCUT2D eigenvalue weighted by Crippen LogP contribution is 2.40. The maximum atomic E-state index is 2.44. The molecule has 3 nitrogen and oxygen atoms in total. The first-order valence-electron chi connectivity index (χ1n) is 17.5. The summed E-state index contributed by atoms with van der Waals surface area (Å²) in [6.45, 7) is 0. The summed E-state index contributed by atoms with van der Waals surface area (Å²) in [7, 11) is 0. The van der Waals surface area contributed by atoms with Gasteiger partial charge in [-0.15, -0.1) is 0 Å². The van der Waals surface area contributed by atoms with Crippen LogP contribution < -0.4 is 0 Å². The Hall–Kier alpha value is -6.84. The lowest BCUT2D eigenvalue weighted by molar-refractivity contribution is 1.13. The largest absolute Gasteiger partial charge is 0.309 e. The number of hydrogen-bond donors (Lipinski definition) is 0. The van der Waals surface area contributed by atoms with Crippen molar-refractivity contribution in [3.63, 3.8) is 0 Å². The van der Waals surface area contributed by atoms with Crippen LogP contribution in [0, 0.1) is 0 Å². The van der Waals surface area contributed by atoms with Crippen molar-refractivity contribution in [2.75, 3.05) is 0 Å². The average Bonchev–Trinajstić information content (AvgIpc) is 3.84. The zero-order valence-corrected chi connectivity index (χ0v) is 27.7. The second-order valence-electron chi connectivity index (χ2n) is 13.4. The zero-order valence-electron chi connectivity index (χ0n) is 27.7. The molecule has 0 atom stereocenters. The van der Waals surface area contributed by atoms with Gasteiger partial charge in [-0.1, -0.05) is 127 Å². The molecule has 51 heavy (non-hydrogen) atoms. The zero-order chi connectivity index (χ0) is 33.5. The third-order valence-corrected chi connectivity index (χ3v) is 10.6. The molecule has 11 rings (SSSR count). The second kappa shape index (κ2) is 10.8. The third-order valence-electron chi connectivity index (χ3n) is 10.6. The van der Waals surface area contributed by atoms with Crippen molar-refractivity contribution >= 4 is 65.4 Å². The lowest BCUT2D eigenvalue weighted by Crippen LogP contribution is -2.02. The minimum absolute atomic E-state index is 1.12. The molecule has 238 valence electrons. The van der Waals surface area contributed by atoms with Crippen LogP contribution in [0.15, 0.2) is 188 Å². The number of hydrogen-bond acceptors (Lipinski definition) is 0. The fourth-order valence-electron chi connectivity index (χ4n) is 8.51. The minimum atomic E-state index is 1.12. The molecule has 0 spiro atoms. The van der Waals surface area contributed by atoms with E-state index in [2.05, 4.69) is 202 Å². The highest BCUT2D eigenvalue weighted by molar-refractivity contribution is 6.12. The summed E-state index contributed by atoms with van der Waals surface area (Å²) >= 11 is 0. The summed E-state index contributed by atoms with van der Waals surface area (Å²) < 4.78 is 7.32. The number of fused-ring (bicyclic) bond motifs is 9. The Labute approximate surface area is 294 Å². The van der Waals surface area contributed by atoms with Crippen molar-refractivity contribution in [3.8, 4) is 28.2 Å². The van der Waals surface area contributed by atoms with Gasteiger partial charge in [-0.05, 0) is 66.2 Å². The summed E-state index contributed by atoms with van der Waals surface area (Å²) in [4.78, 5) is 0. The number of rotatable bonds is 4. The van der Waals surface area contributed by atoms with Crippen LogP contribution in [0.2, 0.25) is 0 Å². The fourth-order valence-corrected chi connectivity index (χ4v) is 8.51. The van der Waals surface area contributed by atoms with Crippen molar-refractivity contribution in [2.45, 2.75) is 0 Å². The maximum Gasteiger partial charge on any atom is 0.0541 e. The molecule has 11 aromatic rings.